The van der Waals surface area contributed by atoms with Gasteiger partial charge in [-0.15, -0.1) is 0 Å². The van der Waals surface area contributed by atoms with Crippen LogP contribution >= 0.6 is 0 Å². The molecule has 1 fully saturated rings. The van der Waals surface area contributed by atoms with E-state index in [1.807, 2.05) is 19.1 Å². The van der Waals surface area contributed by atoms with Gasteiger partial charge in [0.2, 0.25) is 5.91 Å². The monoisotopic (exact) mass is 325 g/mol. The number of likely N-dealkylation sites (tertiary alicyclic amines) is 1. The molecule has 0 spiro atoms. The summed E-state index contributed by atoms with van der Waals surface area (Å²) < 4.78 is 0. The van der Waals surface area contributed by atoms with Crippen LogP contribution in [0.5, 0.6) is 0 Å². The van der Waals surface area contributed by atoms with E-state index in [9.17, 15) is 9.59 Å². The highest BCUT2D eigenvalue weighted by atomic mass is 16.2. The smallest absolute Gasteiger partial charge is 0.315 e. The van der Waals surface area contributed by atoms with Gasteiger partial charge in [0, 0.05) is 12.6 Å². The van der Waals surface area contributed by atoms with Crippen molar-refractivity contribution in [1.29, 1.82) is 0 Å². The number of benzene rings is 2. The molecule has 24 heavy (non-hydrogen) atoms. The van der Waals surface area contributed by atoms with Gasteiger partial charge in [-0.25, -0.2) is 4.79 Å². The maximum atomic E-state index is 12.4. The number of hydrogen-bond acceptors (Lipinski definition) is 2. The Morgan fingerprint density at radius 2 is 2.00 bits per heavy atom. The summed E-state index contributed by atoms with van der Waals surface area (Å²) in [4.78, 5) is 25.3. The molecule has 3 N–H and O–H groups in total. The quantitative estimate of drug-likeness (QED) is 0.906. The molecule has 0 saturated carbocycles. The van der Waals surface area contributed by atoms with Crippen LogP contribution in [-0.2, 0) is 11.2 Å². The Kier molecular flexibility index (Phi) is 4.69. The van der Waals surface area contributed by atoms with Crippen molar-refractivity contribution in [2.24, 2.45) is 5.73 Å². The van der Waals surface area contributed by atoms with Crippen LogP contribution in [0.1, 0.15) is 25.3 Å². The number of nitrogens with one attached hydrogen (secondary N) is 1. The molecule has 0 bridgehead atoms. The lowest BCUT2D eigenvalue weighted by atomic mass is 10.0. The first-order valence-electron chi connectivity index (χ1n) is 8.39. The fourth-order valence-corrected chi connectivity index (χ4v) is 3.41. The fourth-order valence-electron chi connectivity index (χ4n) is 3.41. The molecule has 1 unspecified atom stereocenters. The van der Waals surface area contributed by atoms with E-state index >= 15 is 0 Å². The van der Waals surface area contributed by atoms with E-state index in [2.05, 4.69) is 35.6 Å². The van der Waals surface area contributed by atoms with Gasteiger partial charge in [-0.2, -0.15) is 0 Å². The van der Waals surface area contributed by atoms with E-state index in [0.29, 0.717) is 13.0 Å². The molecular formula is C19H23N3O2. The van der Waals surface area contributed by atoms with Gasteiger partial charge in [-0.05, 0) is 42.5 Å². The van der Waals surface area contributed by atoms with Crippen LogP contribution in [0.2, 0.25) is 0 Å². The Morgan fingerprint density at radius 1 is 1.25 bits per heavy atom. The van der Waals surface area contributed by atoms with Crippen LogP contribution < -0.4 is 11.1 Å². The lowest BCUT2D eigenvalue weighted by Gasteiger charge is -2.24. The number of fused-ring (bicyclic) bond motifs is 1. The third-order valence-corrected chi connectivity index (χ3v) is 4.58. The normalized spacial score (nSPS) is 18.5. The molecule has 5 nitrogen and oxygen atoms in total. The van der Waals surface area contributed by atoms with Crippen molar-refractivity contribution in [3.8, 4) is 0 Å². The first-order chi connectivity index (χ1) is 11.5. The molecule has 0 radical (unpaired) electrons. The molecule has 0 aliphatic carbocycles. The van der Waals surface area contributed by atoms with Crippen LogP contribution in [0, 0.1) is 0 Å². The zero-order valence-corrected chi connectivity index (χ0v) is 13.9. The molecule has 0 aromatic heterocycles. The number of carbonyl (C=O) groups excluding carboxylic acids is 2. The zero-order valence-electron chi connectivity index (χ0n) is 13.9. The molecule has 1 saturated heterocycles. The number of urea groups is 1. The van der Waals surface area contributed by atoms with Crippen molar-refractivity contribution in [1.82, 2.24) is 10.2 Å². The van der Waals surface area contributed by atoms with Gasteiger partial charge in [0.15, 0.2) is 0 Å². The number of carbonyl (C=O) groups is 2. The minimum atomic E-state index is -0.519. The number of amides is 3. The van der Waals surface area contributed by atoms with E-state index in [1.165, 1.54) is 21.2 Å². The average molecular weight is 325 g/mol. The predicted molar refractivity (Wildman–Crippen MR) is 94.6 cm³/mol. The van der Waals surface area contributed by atoms with Crippen molar-refractivity contribution in [2.75, 3.05) is 6.54 Å². The van der Waals surface area contributed by atoms with E-state index < -0.39 is 12.1 Å². The van der Waals surface area contributed by atoms with Crippen LogP contribution in [0.4, 0.5) is 4.79 Å². The number of rotatable bonds is 4. The number of nitrogens with zero attached hydrogens (tertiary/aromatic N) is 1. The Morgan fingerprint density at radius 3 is 2.75 bits per heavy atom. The summed E-state index contributed by atoms with van der Waals surface area (Å²) in [5.74, 6) is -0.111. The molecular weight excluding hydrogens is 302 g/mol. The highest BCUT2D eigenvalue weighted by molar-refractivity contribution is 5.87. The molecule has 1 heterocycles. The number of primary amides is 1. The molecule has 3 amide bonds. The van der Waals surface area contributed by atoms with Gasteiger partial charge in [0.25, 0.3) is 0 Å². The van der Waals surface area contributed by atoms with Gasteiger partial charge < -0.3 is 16.0 Å². The van der Waals surface area contributed by atoms with Gasteiger partial charge in [0.05, 0.1) is 0 Å². The summed E-state index contributed by atoms with van der Waals surface area (Å²) in [6, 6.07) is 13.6. The maximum absolute atomic E-state index is 12.4. The van der Waals surface area contributed by atoms with Gasteiger partial charge in [-0.3, -0.25) is 4.79 Å². The Bertz CT molecular complexity index is 759. The summed E-state index contributed by atoms with van der Waals surface area (Å²) >= 11 is 0. The van der Waals surface area contributed by atoms with Crippen molar-refractivity contribution < 1.29 is 9.59 Å². The van der Waals surface area contributed by atoms with Gasteiger partial charge >= 0.3 is 6.03 Å². The second-order valence-corrected chi connectivity index (χ2v) is 6.48. The summed E-state index contributed by atoms with van der Waals surface area (Å²) in [5, 5.41) is 5.42. The van der Waals surface area contributed by atoms with Crippen LogP contribution in [0.3, 0.4) is 0 Å². The standard InChI is InChI=1S/C19H23N3O2/c1-13(21-18(23)17-7-4-10-22(17)19(20)24)11-14-8-9-15-5-2-3-6-16(15)12-14/h2-3,5-6,8-9,12-13,17H,4,7,10-11H2,1H3,(H2,20,24)(H,21,23)/t13?,17-/m0/s1. The minimum absolute atomic E-state index is 0.00557. The average Bonchev–Trinajstić information content (AvgIpc) is 3.04. The first kappa shape index (κ1) is 16.3. The van der Waals surface area contributed by atoms with Crippen LogP contribution in [-0.4, -0.2) is 35.5 Å². The summed E-state index contributed by atoms with van der Waals surface area (Å²) in [6.45, 7) is 2.54. The van der Waals surface area contributed by atoms with E-state index in [-0.39, 0.29) is 11.9 Å². The van der Waals surface area contributed by atoms with Crippen molar-refractivity contribution in [3.63, 3.8) is 0 Å². The maximum Gasteiger partial charge on any atom is 0.315 e. The molecule has 2 aromatic rings. The Labute approximate surface area is 141 Å². The van der Waals surface area contributed by atoms with Crippen LogP contribution in [0.25, 0.3) is 10.8 Å². The van der Waals surface area contributed by atoms with E-state index in [4.69, 9.17) is 5.73 Å². The highest BCUT2D eigenvalue weighted by Crippen LogP contribution is 2.18. The van der Waals surface area contributed by atoms with Crippen LogP contribution in [0.15, 0.2) is 42.5 Å². The largest absolute Gasteiger partial charge is 0.352 e. The highest BCUT2D eigenvalue weighted by Gasteiger charge is 2.33. The summed E-state index contributed by atoms with van der Waals surface area (Å²) in [7, 11) is 0. The van der Waals surface area contributed by atoms with Gasteiger partial charge in [0.1, 0.15) is 6.04 Å². The molecule has 1 aliphatic rings. The van der Waals surface area contributed by atoms with Crippen molar-refractivity contribution in [3.05, 3.63) is 48.0 Å². The molecule has 2 atom stereocenters. The topological polar surface area (TPSA) is 75.4 Å². The Hall–Kier alpha value is -2.56. The first-order valence-corrected chi connectivity index (χ1v) is 8.39. The lowest BCUT2D eigenvalue weighted by molar-refractivity contribution is -0.125. The third kappa shape index (κ3) is 3.50. The predicted octanol–water partition coefficient (Wildman–Crippen LogP) is 2.43. The lowest BCUT2D eigenvalue weighted by Crippen LogP contribution is -2.50. The Balaban J connectivity index is 1.63. The van der Waals surface area contributed by atoms with Crippen molar-refractivity contribution in [2.45, 2.75) is 38.3 Å². The molecule has 1 aliphatic heterocycles. The van der Waals surface area contributed by atoms with Crippen molar-refractivity contribution >= 4 is 22.7 Å². The molecule has 5 heteroatoms. The second kappa shape index (κ2) is 6.91. The van der Waals surface area contributed by atoms with E-state index in [0.717, 1.165) is 12.8 Å². The van der Waals surface area contributed by atoms with E-state index in [1.54, 1.807) is 0 Å². The minimum Gasteiger partial charge on any atom is -0.352 e. The fraction of sp³-hybridized carbons (Fsp3) is 0.368. The zero-order chi connectivity index (χ0) is 17.1. The molecule has 2 aromatic carbocycles. The number of nitrogens with two attached hydrogens (primary N) is 1. The summed E-state index contributed by atoms with van der Waals surface area (Å²) in [5.41, 5.74) is 6.52. The molecule has 3 rings (SSSR count). The molecule has 126 valence electrons. The van der Waals surface area contributed by atoms with Gasteiger partial charge in [-0.1, -0.05) is 42.5 Å². The number of hydrogen-bond donors (Lipinski definition) is 2. The third-order valence-electron chi connectivity index (χ3n) is 4.58. The second-order valence-electron chi connectivity index (χ2n) is 6.48. The summed E-state index contributed by atoms with van der Waals surface area (Å²) in [6.07, 6.45) is 2.25. The SMILES string of the molecule is CC(Cc1ccc2ccccc2c1)NC(=O)[C@@H]1CCCN1C(N)=O.